The van der Waals surface area contributed by atoms with Gasteiger partial charge in [-0.1, -0.05) is 39.0 Å². The van der Waals surface area contributed by atoms with Gasteiger partial charge in [0.2, 0.25) is 5.91 Å². The molecule has 0 atom stereocenters. The largest absolute Gasteiger partial charge is 0.497 e. The molecule has 1 N–H and O–H groups in total. The van der Waals surface area contributed by atoms with E-state index in [2.05, 4.69) is 38.2 Å². The van der Waals surface area contributed by atoms with Gasteiger partial charge in [0.05, 0.1) is 19.8 Å². The molecule has 0 radical (unpaired) electrons. The van der Waals surface area contributed by atoms with Gasteiger partial charge in [-0.05, 0) is 40.8 Å². The summed E-state index contributed by atoms with van der Waals surface area (Å²) in [4.78, 5) is 12.4. The van der Waals surface area contributed by atoms with Crippen LogP contribution in [0.3, 0.4) is 0 Å². The van der Waals surface area contributed by atoms with Gasteiger partial charge in [-0.3, -0.25) is 4.79 Å². The van der Waals surface area contributed by atoms with Crippen LogP contribution >= 0.6 is 0 Å². The monoisotopic (exact) mass is 351 g/mol. The van der Waals surface area contributed by atoms with Gasteiger partial charge < -0.3 is 14.5 Å². The van der Waals surface area contributed by atoms with Crippen molar-refractivity contribution in [3.05, 3.63) is 65.4 Å². The third kappa shape index (κ3) is 4.07. The van der Waals surface area contributed by atoms with Crippen LogP contribution in [0, 0.1) is 0 Å². The van der Waals surface area contributed by atoms with Crippen molar-refractivity contribution in [2.45, 2.75) is 39.2 Å². The summed E-state index contributed by atoms with van der Waals surface area (Å²) in [6, 6.07) is 13.9. The molecule has 0 unspecified atom stereocenters. The van der Waals surface area contributed by atoms with Crippen molar-refractivity contribution < 1.29 is 13.9 Å². The Morgan fingerprint density at radius 1 is 1.12 bits per heavy atom. The maximum atomic E-state index is 12.4. The summed E-state index contributed by atoms with van der Waals surface area (Å²) >= 11 is 0. The van der Waals surface area contributed by atoms with Crippen molar-refractivity contribution in [2.75, 3.05) is 7.11 Å². The quantitative estimate of drug-likeness (QED) is 0.731. The van der Waals surface area contributed by atoms with Crippen molar-refractivity contribution in [3.8, 4) is 5.75 Å². The maximum Gasteiger partial charge on any atom is 0.224 e. The lowest BCUT2D eigenvalue weighted by atomic mass is 9.86. The fourth-order valence-corrected chi connectivity index (χ4v) is 2.86. The van der Waals surface area contributed by atoms with Crippen LogP contribution in [0.5, 0.6) is 5.75 Å². The smallest absolute Gasteiger partial charge is 0.224 e. The highest BCUT2D eigenvalue weighted by Gasteiger charge is 2.17. The van der Waals surface area contributed by atoms with Gasteiger partial charge in [0.25, 0.3) is 0 Å². The van der Waals surface area contributed by atoms with Crippen LogP contribution in [-0.4, -0.2) is 13.0 Å². The Bertz CT molecular complexity index is 901. The summed E-state index contributed by atoms with van der Waals surface area (Å²) < 4.78 is 10.8. The number of hydrogen-bond acceptors (Lipinski definition) is 3. The summed E-state index contributed by atoms with van der Waals surface area (Å²) in [5.41, 5.74) is 4.05. The first kappa shape index (κ1) is 18.1. The fourth-order valence-electron chi connectivity index (χ4n) is 2.86. The van der Waals surface area contributed by atoms with E-state index in [1.807, 2.05) is 30.3 Å². The first-order valence-electron chi connectivity index (χ1n) is 8.77. The maximum absolute atomic E-state index is 12.4. The number of carbonyl (C=O) groups is 1. The van der Waals surface area contributed by atoms with Crippen LogP contribution in [0.15, 0.2) is 53.1 Å². The number of methoxy groups -OCH3 is 1. The summed E-state index contributed by atoms with van der Waals surface area (Å²) in [7, 11) is 1.64. The van der Waals surface area contributed by atoms with Crippen molar-refractivity contribution >= 4 is 16.9 Å². The van der Waals surface area contributed by atoms with E-state index in [0.29, 0.717) is 13.0 Å². The van der Waals surface area contributed by atoms with Crippen LogP contribution in [-0.2, 0) is 23.2 Å². The molecule has 26 heavy (non-hydrogen) atoms. The molecule has 0 saturated heterocycles. The predicted molar refractivity (Wildman–Crippen MR) is 103 cm³/mol. The number of benzene rings is 2. The van der Waals surface area contributed by atoms with E-state index in [-0.39, 0.29) is 11.3 Å². The number of amides is 1. The van der Waals surface area contributed by atoms with E-state index in [0.717, 1.165) is 27.8 Å². The molecule has 0 aliphatic rings. The Kier molecular flexibility index (Phi) is 5.03. The Labute approximate surface area is 154 Å². The van der Waals surface area contributed by atoms with Crippen molar-refractivity contribution in [3.63, 3.8) is 0 Å². The van der Waals surface area contributed by atoms with Crippen LogP contribution in [0.1, 0.15) is 37.5 Å². The van der Waals surface area contributed by atoms with Gasteiger partial charge in [0, 0.05) is 17.5 Å². The zero-order chi connectivity index (χ0) is 18.7. The van der Waals surface area contributed by atoms with Gasteiger partial charge in [-0.25, -0.2) is 0 Å². The molecule has 1 amide bonds. The molecule has 1 aromatic heterocycles. The number of furan rings is 1. The molecule has 2 aromatic carbocycles. The Hall–Kier alpha value is -2.75. The van der Waals surface area contributed by atoms with Crippen molar-refractivity contribution in [1.82, 2.24) is 5.32 Å². The van der Waals surface area contributed by atoms with Crippen LogP contribution < -0.4 is 10.1 Å². The lowest BCUT2D eigenvalue weighted by Gasteiger charge is -2.18. The normalized spacial score (nSPS) is 11.5. The molecule has 0 saturated carbocycles. The molecule has 136 valence electrons. The molecule has 0 fully saturated rings. The molecular formula is C22H25NO3. The highest BCUT2D eigenvalue weighted by Crippen LogP contribution is 2.29. The highest BCUT2D eigenvalue weighted by molar-refractivity contribution is 5.88. The second-order valence-electron chi connectivity index (χ2n) is 7.52. The molecule has 3 rings (SSSR count). The molecular weight excluding hydrogens is 326 g/mol. The minimum absolute atomic E-state index is 0.0234. The standard InChI is InChI=1S/C22H25NO3/c1-22(2,3)17-7-10-20-19(12-17)16(14-26-20)11-21(24)23-13-15-5-8-18(25-4)9-6-15/h5-10,12,14H,11,13H2,1-4H3,(H,23,24). The zero-order valence-corrected chi connectivity index (χ0v) is 15.8. The van der Waals surface area contributed by atoms with Crippen LogP contribution in [0.4, 0.5) is 0 Å². The first-order chi connectivity index (χ1) is 12.4. The lowest BCUT2D eigenvalue weighted by Crippen LogP contribution is -2.24. The lowest BCUT2D eigenvalue weighted by molar-refractivity contribution is -0.120. The van der Waals surface area contributed by atoms with E-state index in [1.165, 1.54) is 5.56 Å². The average Bonchev–Trinajstić information content (AvgIpc) is 3.02. The number of hydrogen-bond donors (Lipinski definition) is 1. The van der Waals surface area contributed by atoms with Gasteiger partial charge in [0.1, 0.15) is 11.3 Å². The molecule has 0 spiro atoms. The van der Waals surface area contributed by atoms with Gasteiger partial charge in [-0.15, -0.1) is 0 Å². The molecule has 3 aromatic rings. The van der Waals surface area contributed by atoms with E-state index in [4.69, 9.17) is 9.15 Å². The van der Waals surface area contributed by atoms with Gasteiger partial charge in [0.15, 0.2) is 0 Å². The highest BCUT2D eigenvalue weighted by atomic mass is 16.5. The minimum Gasteiger partial charge on any atom is -0.497 e. The Balaban J connectivity index is 1.68. The van der Waals surface area contributed by atoms with E-state index in [1.54, 1.807) is 13.4 Å². The van der Waals surface area contributed by atoms with Crippen molar-refractivity contribution in [1.29, 1.82) is 0 Å². The van der Waals surface area contributed by atoms with Gasteiger partial charge >= 0.3 is 0 Å². The molecule has 0 bridgehead atoms. The zero-order valence-electron chi connectivity index (χ0n) is 15.8. The average molecular weight is 351 g/mol. The predicted octanol–water partition coefficient (Wildman–Crippen LogP) is 4.60. The molecule has 0 aliphatic heterocycles. The summed E-state index contributed by atoms with van der Waals surface area (Å²) in [6.45, 7) is 7.02. The number of fused-ring (bicyclic) bond motifs is 1. The number of ether oxygens (including phenoxy) is 1. The van der Waals surface area contributed by atoms with Crippen LogP contribution in [0.2, 0.25) is 0 Å². The second-order valence-corrected chi connectivity index (χ2v) is 7.52. The molecule has 4 heteroatoms. The summed E-state index contributed by atoms with van der Waals surface area (Å²) in [6.07, 6.45) is 1.99. The summed E-state index contributed by atoms with van der Waals surface area (Å²) in [5.74, 6) is 0.782. The number of rotatable bonds is 5. The van der Waals surface area contributed by atoms with E-state index in [9.17, 15) is 4.79 Å². The van der Waals surface area contributed by atoms with E-state index >= 15 is 0 Å². The molecule has 0 aliphatic carbocycles. The van der Waals surface area contributed by atoms with Crippen LogP contribution in [0.25, 0.3) is 11.0 Å². The third-order valence-corrected chi connectivity index (χ3v) is 4.52. The number of nitrogens with one attached hydrogen (secondary N) is 1. The number of carbonyl (C=O) groups excluding carboxylic acids is 1. The summed E-state index contributed by atoms with van der Waals surface area (Å²) in [5, 5.41) is 3.97. The van der Waals surface area contributed by atoms with E-state index < -0.39 is 0 Å². The van der Waals surface area contributed by atoms with Gasteiger partial charge in [-0.2, -0.15) is 0 Å². The molecule has 4 nitrogen and oxygen atoms in total. The Morgan fingerprint density at radius 3 is 2.50 bits per heavy atom. The SMILES string of the molecule is COc1ccc(CNC(=O)Cc2coc3ccc(C(C)(C)C)cc23)cc1. The fraction of sp³-hybridized carbons (Fsp3) is 0.318. The van der Waals surface area contributed by atoms with Crippen molar-refractivity contribution in [2.24, 2.45) is 0 Å². The second kappa shape index (κ2) is 7.24. The topological polar surface area (TPSA) is 51.5 Å². The first-order valence-corrected chi connectivity index (χ1v) is 8.77. The third-order valence-electron chi connectivity index (χ3n) is 4.52. The molecule has 1 heterocycles. The minimum atomic E-state index is -0.0234. The Morgan fingerprint density at radius 2 is 1.85 bits per heavy atom.